The van der Waals surface area contributed by atoms with E-state index in [4.69, 9.17) is 45.6 Å². The van der Waals surface area contributed by atoms with Gasteiger partial charge in [0.15, 0.2) is 8.32 Å². The average Bonchev–Trinajstić information content (AvgIpc) is 2.86. The van der Waals surface area contributed by atoms with Gasteiger partial charge in [-0.05, 0) is 43.8 Å². The predicted molar refractivity (Wildman–Crippen MR) is 212 cm³/mol. The molecule has 3 rings (SSSR count). The second-order valence-electron chi connectivity index (χ2n) is 17.7. The highest BCUT2D eigenvalue weighted by molar-refractivity contribution is 7.04. The van der Waals surface area contributed by atoms with Gasteiger partial charge in [-0.3, -0.25) is 0 Å². The molecule has 3 aliphatic rings. The summed E-state index contributed by atoms with van der Waals surface area (Å²) in [6.45, 7) is 39.4. The van der Waals surface area contributed by atoms with Gasteiger partial charge in [0, 0.05) is 40.5 Å². The molecular weight excluding hydrogens is 781 g/mol. The minimum atomic E-state index is -4.21. The third-order valence-corrected chi connectivity index (χ3v) is 51.4. The Bertz CT molecular complexity index is 1160. The normalized spacial score (nSPS) is 39.7. The minimum Gasteiger partial charge on any atom is -0.437 e. The van der Waals surface area contributed by atoms with E-state index in [1.54, 1.807) is 7.11 Å². The lowest BCUT2D eigenvalue weighted by Gasteiger charge is -2.62. The van der Waals surface area contributed by atoms with Gasteiger partial charge in [0.05, 0.1) is 0 Å². The summed E-state index contributed by atoms with van der Waals surface area (Å²) in [7, 11) is -30.1. The summed E-state index contributed by atoms with van der Waals surface area (Å²) in [6, 6.07) is 0. The van der Waals surface area contributed by atoms with Crippen LogP contribution in [0.25, 0.3) is 0 Å². The first-order valence-corrected chi connectivity index (χ1v) is 37.7. The predicted octanol–water partition coefficient (Wildman–Crippen LogP) is 8.36. The van der Waals surface area contributed by atoms with Crippen molar-refractivity contribution in [2.45, 2.75) is 174 Å². The molecular formula is C28H70O12Si9. The van der Waals surface area contributed by atoms with Crippen molar-refractivity contribution in [3.8, 4) is 0 Å². The SMILES string of the molecule is CO[Si@@]1(C(C)C)O[Si]2(C(C)C)C[Si@]3(C(C)C)O[Si](C(C)C)(O[Si](O)(C(C)C)O[Si](C(C)C)(O3)O1)O[Si](O[Si](C)(C)O[Si](C)(C)C)(C(C)C)O2. The van der Waals surface area contributed by atoms with E-state index >= 15 is 0 Å². The van der Waals surface area contributed by atoms with Gasteiger partial charge in [-0.15, -0.1) is 0 Å². The highest BCUT2D eigenvalue weighted by Crippen LogP contribution is 2.56. The summed E-state index contributed by atoms with van der Waals surface area (Å²) in [6.07, 6.45) is 0. The van der Waals surface area contributed by atoms with Crippen LogP contribution < -0.4 is 0 Å². The van der Waals surface area contributed by atoms with Crippen LogP contribution in [0.1, 0.15) is 96.9 Å². The first-order chi connectivity index (χ1) is 21.9. The topological polar surface area (TPSA) is 122 Å². The smallest absolute Gasteiger partial charge is 0.437 e. The molecule has 0 spiro atoms. The molecule has 3 aliphatic heterocycles. The molecule has 0 aromatic rings. The Hall–Kier alpha value is 1.47. The first-order valence-electron chi connectivity index (χ1n) is 18.2. The van der Waals surface area contributed by atoms with Crippen LogP contribution in [0, 0.1) is 0 Å². The van der Waals surface area contributed by atoms with E-state index in [9.17, 15) is 4.80 Å². The van der Waals surface area contributed by atoms with Crippen molar-refractivity contribution in [1.29, 1.82) is 0 Å². The Morgan fingerprint density at radius 1 is 0.490 bits per heavy atom. The van der Waals surface area contributed by atoms with Gasteiger partial charge in [0.25, 0.3) is 0 Å². The number of hydrogen-bond acceptors (Lipinski definition) is 12. The van der Waals surface area contributed by atoms with Crippen LogP contribution in [0.4, 0.5) is 0 Å². The summed E-state index contributed by atoms with van der Waals surface area (Å²) < 4.78 is 80.7. The summed E-state index contributed by atoms with van der Waals surface area (Å²) in [4.78, 5) is 12.8. The van der Waals surface area contributed by atoms with Crippen molar-refractivity contribution in [1.82, 2.24) is 0 Å². The van der Waals surface area contributed by atoms with Crippen LogP contribution in [0.5, 0.6) is 0 Å². The van der Waals surface area contributed by atoms with E-state index in [0.29, 0.717) is 5.67 Å². The second-order valence-corrected chi connectivity index (χ2v) is 52.1. The molecule has 12 nitrogen and oxygen atoms in total. The van der Waals surface area contributed by atoms with Crippen molar-refractivity contribution in [2.24, 2.45) is 0 Å². The number of fused-ring (bicyclic) bond motifs is 3. The highest BCUT2D eigenvalue weighted by atomic mass is 28.6. The van der Waals surface area contributed by atoms with Crippen LogP contribution in [0.2, 0.25) is 77.2 Å². The molecule has 21 heteroatoms. The standard InChI is InChI=1S/C28H70O12Si9/c1-22(2)43-21-44(23(3)4)35-48(27(11)12,39-46(30-15,33-43)25(7)8)37-45(29,24(5)6)38-49(36-44,28(13)14)40-47(34-43,26(9)10)32-42(19,20)31-41(16,17)18/h22-29H,21H2,1-20H3/t43?,44-,45?,46+,47?,48?,49?/m1/s1. The fraction of sp³-hybridized carbons (Fsp3) is 1.00. The van der Waals surface area contributed by atoms with Crippen molar-refractivity contribution < 1.29 is 50.4 Å². The largest absolute Gasteiger partial charge is 0.487 e. The lowest BCUT2D eigenvalue weighted by atomic mass is 10.6. The van der Waals surface area contributed by atoms with Gasteiger partial charge in [0.2, 0.25) is 0 Å². The molecule has 0 aromatic carbocycles. The second kappa shape index (κ2) is 14.9. The fourth-order valence-corrected chi connectivity index (χ4v) is 63.7. The zero-order valence-electron chi connectivity index (χ0n) is 34.2. The maximum absolute atomic E-state index is 12.8. The summed E-state index contributed by atoms with van der Waals surface area (Å²) in [5.74, 6) is 0. The van der Waals surface area contributed by atoms with Crippen LogP contribution in [0.15, 0.2) is 0 Å². The summed E-state index contributed by atoms with van der Waals surface area (Å²) in [5, 5.41) is 0. The van der Waals surface area contributed by atoms with Crippen LogP contribution >= 0.6 is 0 Å². The molecule has 1 N–H and O–H groups in total. The number of rotatable bonds is 12. The van der Waals surface area contributed by atoms with Gasteiger partial charge in [-0.2, -0.15) is 0 Å². The first kappa shape index (κ1) is 44.9. The van der Waals surface area contributed by atoms with Gasteiger partial charge in [-0.25, -0.2) is 0 Å². The molecule has 0 aliphatic carbocycles. The van der Waals surface area contributed by atoms with Gasteiger partial charge < -0.3 is 50.4 Å². The Morgan fingerprint density at radius 2 is 0.878 bits per heavy atom. The molecule has 3 heterocycles. The van der Waals surface area contributed by atoms with Crippen molar-refractivity contribution in [3.63, 3.8) is 0 Å². The molecule has 49 heavy (non-hydrogen) atoms. The molecule has 7 atom stereocenters. The quantitative estimate of drug-likeness (QED) is 0.190. The van der Waals surface area contributed by atoms with Gasteiger partial charge in [0.1, 0.15) is 0 Å². The summed E-state index contributed by atoms with van der Waals surface area (Å²) >= 11 is 0. The molecule has 0 radical (unpaired) electrons. The van der Waals surface area contributed by atoms with Crippen LogP contribution in [0.3, 0.4) is 0 Å². The molecule has 3 fully saturated rings. The van der Waals surface area contributed by atoms with Gasteiger partial charge >= 0.3 is 69.7 Å². The van der Waals surface area contributed by atoms with E-state index in [1.165, 1.54) is 0 Å². The molecule has 0 amide bonds. The third kappa shape index (κ3) is 8.81. The van der Waals surface area contributed by atoms with Crippen LogP contribution in [-0.2, 0) is 45.6 Å². The van der Waals surface area contributed by atoms with Gasteiger partial charge in [-0.1, -0.05) is 96.9 Å². The maximum Gasteiger partial charge on any atom is 0.487 e. The highest BCUT2D eigenvalue weighted by Gasteiger charge is 2.79. The van der Waals surface area contributed by atoms with E-state index in [2.05, 4.69) is 88.1 Å². The Morgan fingerprint density at radius 3 is 1.20 bits per heavy atom. The summed E-state index contributed by atoms with van der Waals surface area (Å²) in [5.41, 5.74) is -1.19. The van der Waals surface area contributed by atoms with Crippen molar-refractivity contribution >= 4 is 78.0 Å². The van der Waals surface area contributed by atoms with E-state index in [0.717, 1.165) is 0 Å². The van der Waals surface area contributed by atoms with Crippen LogP contribution in [-0.4, -0.2) is 89.9 Å². The lowest BCUT2D eigenvalue weighted by molar-refractivity contribution is 0.0355. The maximum atomic E-state index is 12.8. The molecule has 3 saturated heterocycles. The Kier molecular flexibility index (Phi) is 13.6. The zero-order chi connectivity index (χ0) is 38.0. The molecule has 4 bridgehead atoms. The molecule has 290 valence electrons. The van der Waals surface area contributed by atoms with Crippen molar-refractivity contribution in [3.05, 3.63) is 0 Å². The molecule has 5 unspecified atom stereocenters. The monoisotopic (exact) mass is 850 g/mol. The molecule has 0 aromatic heterocycles. The fourth-order valence-electron chi connectivity index (χ4n) is 6.36. The van der Waals surface area contributed by atoms with E-state index < -0.39 is 83.6 Å². The lowest BCUT2D eigenvalue weighted by Crippen LogP contribution is -2.84. The Balaban J connectivity index is 2.61. The van der Waals surface area contributed by atoms with E-state index in [1.807, 2.05) is 41.5 Å². The van der Waals surface area contributed by atoms with E-state index in [-0.39, 0.29) is 33.2 Å². The third-order valence-electron chi connectivity index (χ3n) is 9.44. The zero-order valence-corrected chi connectivity index (χ0v) is 43.2. The minimum absolute atomic E-state index is 0.0941. The molecule has 0 saturated carbocycles. The Labute approximate surface area is 308 Å². The average molecular weight is 852 g/mol. The number of hydrogen-bond donors (Lipinski definition) is 1. The van der Waals surface area contributed by atoms with Crippen molar-refractivity contribution in [2.75, 3.05) is 7.11 Å².